The van der Waals surface area contributed by atoms with Gasteiger partial charge >= 0.3 is 0 Å². The average Bonchev–Trinajstić information content (AvgIpc) is 2.75. The van der Waals surface area contributed by atoms with Gasteiger partial charge in [-0.3, -0.25) is 9.98 Å². The number of pyridine rings is 1. The number of hydrazine groups is 1. The molecule has 2 heterocycles. The fraction of sp³-hybridized carbons (Fsp3) is 0.143. The highest BCUT2D eigenvalue weighted by molar-refractivity contribution is 5.80. The highest BCUT2D eigenvalue weighted by Crippen LogP contribution is 2.24. The molecule has 0 unspecified atom stereocenters. The molecule has 0 spiro atoms. The van der Waals surface area contributed by atoms with Gasteiger partial charge < -0.3 is 27.4 Å². The van der Waals surface area contributed by atoms with Crippen LogP contribution in [-0.4, -0.2) is 21.2 Å². The number of benzene rings is 1. The van der Waals surface area contributed by atoms with E-state index in [0.29, 0.717) is 41.9 Å². The van der Waals surface area contributed by atoms with Crippen molar-refractivity contribution in [3.63, 3.8) is 0 Å². The van der Waals surface area contributed by atoms with Gasteiger partial charge in [-0.05, 0) is 48.0 Å². The summed E-state index contributed by atoms with van der Waals surface area (Å²) in [5.74, 6) is 7.15. The minimum Gasteiger partial charge on any atom is -0.437 e. The fourth-order valence-electron chi connectivity index (χ4n) is 2.84. The van der Waals surface area contributed by atoms with Crippen LogP contribution in [0, 0.1) is 6.92 Å². The Balaban J connectivity index is 1.66. The van der Waals surface area contributed by atoms with E-state index < -0.39 is 0 Å². The lowest BCUT2D eigenvalue weighted by molar-refractivity contribution is 0.458. The number of hydrogen-bond acceptors (Lipinski definition) is 10. The maximum Gasteiger partial charge on any atom is 0.238 e. The second-order valence-electron chi connectivity index (χ2n) is 6.75. The first kappa shape index (κ1) is 21.5. The molecule has 0 aliphatic rings. The summed E-state index contributed by atoms with van der Waals surface area (Å²) in [6.45, 7) is 2.30. The van der Waals surface area contributed by atoms with Crippen molar-refractivity contribution in [3.8, 4) is 11.6 Å². The third-order valence-corrected chi connectivity index (χ3v) is 4.29. The van der Waals surface area contributed by atoms with E-state index in [1.165, 1.54) is 6.20 Å². The number of aliphatic imine (C=N–C) groups is 1. The first-order valence-electron chi connectivity index (χ1n) is 9.46. The van der Waals surface area contributed by atoms with Crippen LogP contribution in [0.25, 0.3) is 0 Å². The maximum atomic E-state index is 6.08. The molecule has 0 bridgehead atoms. The van der Waals surface area contributed by atoms with Crippen LogP contribution in [0.1, 0.15) is 16.8 Å². The molecule has 0 aliphatic carbocycles. The molecule has 31 heavy (non-hydrogen) atoms. The number of hydrogen-bond donors (Lipinski definition) is 5. The van der Waals surface area contributed by atoms with Gasteiger partial charge in [0.2, 0.25) is 5.88 Å². The number of nitrogens with two attached hydrogens (primary N) is 4. The topological polar surface area (TPSA) is 176 Å². The van der Waals surface area contributed by atoms with Crippen molar-refractivity contribution in [3.05, 3.63) is 71.3 Å². The van der Waals surface area contributed by atoms with E-state index in [1.807, 2.05) is 31.2 Å². The highest BCUT2D eigenvalue weighted by Gasteiger charge is 2.09. The van der Waals surface area contributed by atoms with Crippen LogP contribution in [0.3, 0.4) is 0 Å². The second kappa shape index (κ2) is 10.0. The zero-order valence-corrected chi connectivity index (χ0v) is 17.1. The number of allylic oxidation sites excluding steroid dienone is 1. The molecule has 9 N–H and O–H groups in total. The van der Waals surface area contributed by atoms with Crippen LogP contribution in [0.5, 0.6) is 11.6 Å². The van der Waals surface area contributed by atoms with Crippen LogP contribution in [0.15, 0.2) is 59.5 Å². The first-order valence-corrected chi connectivity index (χ1v) is 9.46. The number of rotatable bonds is 8. The summed E-state index contributed by atoms with van der Waals surface area (Å²) in [6.07, 6.45) is 6.85. The molecule has 10 heteroatoms. The highest BCUT2D eigenvalue weighted by atomic mass is 16.5. The molecule has 10 nitrogen and oxygen atoms in total. The van der Waals surface area contributed by atoms with E-state index in [-0.39, 0.29) is 0 Å². The van der Waals surface area contributed by atoms with Gasteiger partial charge in [0.25, 0.3) is 0 Å². The molecular formula is C21H25N9O. The zero-order valence-electron chi connectivity index (χ0n) is 17.1. The lowest BCUT2D eigenvalue weighted by Crippen LogP contribution is -2.14. The molecule has 0 atom stereocenters. The minimum absolute atomic E-state index is 0.306. The summed E-state index contributed by atoms with van der Waals surface area (Å²) in [4.78, 5) is 16.9. The van der Waals surface area contributed by atoms with Crippen molar-refractivity contribution >= 4 is 23.5 Å². The van der Waals surface area contributed by atoms with Crippen molar-refractivity contribution in [1.82, 2.24) is 15.0 Å². The Kier molecular flexibility index (Phi) is 6.97. The van der Waals surface area contributed by atoms with E-state index >= 15 is 0 Å². The molecule has 3 aromatic rings. The number of aromatic nitrogens is 3. The van der Waals surface area contributed by atoms with E-state index in [1.54, 1.807) is 24.7 Å². The molecule has 0 radical (unpaired) electrons. The minimum atomic E-state index is 0.306. The number of aryl methyl sites for hydroxylation is 1. The van der Waals surface area contributed by atoms with Gasteiger partial charge in [-0.1, -0.05) is 12.1 Å². The van der Waals surface area contributed by atoms with Gasteiger partial charge in [0.15, 0.2) is 5.82 Å². The fourth-order valence-corrected chi connectivity index (χ4v) is 2.84. The van der Waals surface area contributed by atoms with Crippen LogP contribution in [0.2, 0.25) is 0 Å². The third-order valence-electron chi connectivity index (χ3n) is 4.29. The quantitative estimate of drug-likeness (QED) is 0.208. The van der Waals surface area contributed by atoms with Crippen molar-refractivity contribution < 1.29 is 4.74 Å². The number of anilines is 3. The largest absolute Gasteiger partial charge is 0.437 e. The standard InChI is InChI=1S/C21H25N9O/c1-13-9-26-12-19(28-13)31-17-4-2-3-14(6-17)10-27-11-15(8-22)5-16-7-18(23)29-21(30-25)20(16)24/h2-4,6-9,11-12H,5,10,22,24-25H2,1H3,(H3,23,29,30). The van der Waals surface area contributed by atoms with Crippen molar-refractivity contribution in [2.75, 3.05) is 16.9 Å². The normalized spacial score (nSPS) is 11.6. The molecule has 160 valence electrons. The molecule has 0 fully saturated rings. The zero-order chi connectivity index (χ0) is 22.2. The van der Waals surface area contributed by atoms with Crippen LogP contribution < -0.4 is 33.2 Å². The van der Waals surface area contributed by atoms with Gasteiger partial charge in [0, 0.05) is 18.8 Å². The van der Waals surface area contributed by atoms with E-state index in [2.05, 4.69) is 25.4 Å². The number of nitrogens with one attached hydrogen (secondary N) is 1. The maximum absolute atomic E-state index is 6.08. The van der Waals surface area contributed by atoms with Crippen molar-refractivity contribution in [1.29, 1.82) is 0 Å². The number of nitrogen functional groups attached to an aromatic ring is 3. The second-order valence-corrected chi connectivity index (χ2v) is 6.75. The Bertz CT molecular complexity index is 1110. The molecule has 1 aromatic carbocycles. The van der Waals surface area contributed by atoms with E-state index in [4.69, 9.17) is 27.8 Å². The van der Waals surface area contributed by atoms with E-state index in [9.17, 15) is 0 Å². The van der Waals surface area contributed by atoms with Gasteiger partial charge in [0.1, 0.15) is 11.6 Å². The van der Waals surface area contributed by atoms with Crippen LogP contribution in [0.4, 0.5) is 17.3 Å². The van der Waals surface area contributed by atoms with Gasteiger partial charge in [-0.2, -0.15) is 0 Å². The van der Waals surface area contributed by atoms with E-state index in [0.717, 1.165) is 22.4 Å². The molecule has 0 amide bonds. The lowest BCUT2D eigenvalue weighted by atomic mass is 10.1. The van der Waals surface area contributed by atoms with Crippen molar-refractivity contribution in [2.24, 2.45) is 16.6 Å². The first-order chi connectivity index (χ1) is 15.0. The Hall–Kier alpha value is -4.18. The Morgan fingerprint density at radius 1 is 1.19 bits per heavy atom. The molecule has 0 saturated carbocycles. The molecule has 3 rings (SSSR count). The van der Waals surface area contributed by atoms with Crippen molar-refractivity contribution in [2.45, 2.75) is 19.9 Å². The average molecular weight is 419 g/mol. The van der Waals surface area contributed by atoms with Crippen LogP contribution >= 0.6 is 0 Å². The van der Waals surface area contributed by atoms with Gasteiger partial charge in [-0.25, -0.2) is 15.8 Å². The summed E-state index contributed by atoms with van der Waals surface area (Å²) >= 11 is 0. The smallest absolute Gasteiger partial charge is 0.238 e. The lowest BCUT2D eigenvalue weighted by Gasteiger charge is -2.11. The number of nitrogens with zero attached hydrogens (tertiary/aromatic N) is 4. The Labute approximate surface area is 180 Å². The monoisotopic (exact) mass is 419 g/mol. The molecule has 2 aromatic heterocycles. The third kappa shape index (κ3) is 5.90. The summed E-state index contributed by atoms with van der Waals surface area (Å²) < 4.78 is 5.77. The predicted octanol–water partition coefficient (Wildman–Crippen LogP) is 2.08. The predicted molar refractivity (Wildman–Crippen MR) is 122 cm³/mol. The summed E-state index contributed by atoms with van der Waals surface area (Å²) in [5, 5.41) is 0. The number of ether oxygens (including phenoxy) is 1. The van der Waals surface area contributed by atoms with Gasteiger partial charge in [-0.15, -0.1) is 0 Å². The Morgan fingerprint density at radius 2 is 2.03 bits per heavy atom. The molecule has 0 aliphatic heterocycles. The Morgan fingerprint density at radius 3 is 2.77 bits per heavy atom. The summed E-state index contributed by atoms with van der Waals surface area (Å²) in [5.41, 5.74) is 23.8. The summed E-state index contributed by atoms with van der Waals surface area (Å²) in [6, 6.07) is 9.28. The SMILES string of the molecule is Cc1cncc(Oc2cccc(CN=CC(=CN)Cc3cc(N)nc(NN)c3N)c2)n1. The van der Waals surface area contributed by atoms with Crippen LogP contribution in [-0.2, 0) is 13.0 Å². The van der Waals surface area contributed by atoms with Gasteiger partial charge in [0.05, 0.1) is 24.1 Å². The molecular weight excluding hydrogens is 394 g/mol. The molecule has 0 saturated heterocycles. The summed E-state index contributed by atoms with van der Waals surface area (Å²) in [7, 11) is 0.